The molecule has 0 aromatic carbocycles. The summed E-state index contributed by atoms with van der Waals surface area (Å²) >= 11 is 0. The van der Waals surface area contributed by atoms with E-state index in [9.17, 15) is 28.2 Å². The van der Waals surface area contributed by atoms with Gasteiger partial charge in [0.25, 0.3) is 10.1 Å². The van der Waals surface area contributed by atoms with E-state index < -0.39 is 33.7 Å². The Morgan fingerprint density at radius 3 is 1.70 bits per heavy atom. The topological polar surface area (TPSA) is 244 Å². The number of carboxylic acids is 2. The first-order chi connectivity index (χ1) is 10.1. The van der Waals surface area contributed by atoms with E-state index >= 15 is 0 Å². The summed E-state index contributed by atoms with van der Waals surface area (Å²) < 4.78 is 28.5. The van der Waals surface area contributed by atoms with Crippen LogP contribution in [-0.4, -0.2) is 30.2 Å². The van der Waals surface area contributed by atoms with E-state index in [0.717, 1.165) is 0 Å². The number of hydrogen-bond acceptors (Lipinski definition) is 6. The van der Waals surface area contributed by atoms with E-state index in [0.29, 0.717) is 5.92 Å². The van der Waals surface area contributed by atoms with Crippen molar-refractivity contribution in [2.24, 2.45) is 5.92 Å². The van der Waals surface area contributed by atoms with Crippen molar-refractivity contribution >= 4 is 22.1 Å². The van der Waals surface area contributed by atoms with Gasteiger partial charge in [-0.2, -0.15) is 14.3 Å². The van der Waals surface area contributed by atoms with Gasteiger partial charge in [0.15, 0.2) is 0 Å². The van der Waals surface area contributed by atoms with E-state index in [1.807, 2.05) is 0 Å². The van der Waals surface area contributed by atoms with Crippen LogP contribution < -0.4 is 70.6 Å². The van der Waals surface area contributed by atoms with Crippen LogP contribution in [0, 0.1) is 12.8 Å². The van der Waals surface area contributed by atoms with Crippen LogP contribution in [0.2, 0.25) is 0 Å². The molecule has 27 heavy (non-hydrogen) atoms. The molecule has 0 aliphatic rings. The van der Waals surface area contributed by atoms with E-state index in [-0.39, 0.29) is 60.4 Å². The van der Waals surface area contributed by atoms with Gasteiger partial charge >= 0.3 is 29.6 Å². The second-order valence-electron chi connectivity index (χ2n) is 5.02. The van der Waals surface area contributed by atoms with Gasteiger partial charge in [-0.25, -0.2) is 0 Å². The SMILES string of the molecule is O=C([O-])CC(C(=O)[O-])S(=O)(=O)O.[CH2-]C(CC)CCCCCC.[Cl-].[NH4+].[NH4+].[NH4+].[Na+]. The zero-order chi connectivity index (χ0) is 17.8. The van der Waals surface area contributed by atoms with E-state index in [4.69, 9.17) is 4.55 Å². The third-order valence-corrected chi connectivity index (χ3v) is 4.10. The number of hydrogen-bond donors (Lipinski definition) is 4. The molecule has 0 aromatic heterocycles. The van der Waals surface area contributed by atoms with Crippen molar-refractivity contribution in [1.29, 1.82) is 0 Å². The zero-order valence-corrected chi connectivity index (χ0v) is 21.1. The van der Waals surface area contributed by atoms with Crippen molar-refractivity contribution in [2.75, 3.05) is 0 Å². The van der Waals surface area contributed by atoms with Gasteiger partial charge in [0.2, 0.25) is 0 Å². The summed E-state index contributed by atoms with van der Waals surface area (Å²) in [4.78, 5) is 19.7. The summed E-state index contributed by atoms with van der Waals surface area (Å²) in [5, 5.41) is 17.3. The van der Waals surface area contributed by atoms with Crippen molar-refractivity contribution in [3.8, 4) is 0 Å². The smallest absolute Gasteiger partial charge is 1.00 e. The molecule has 0 rings (SSSR count). The van der Waals surface area contributed by atoms with Crippen LogP contribution in [0.4, 0.5) is 0 Å². The second kappa shape index (κ2) is 26.0. The molecule has 0 radical (unpaired) electrons. The van der Waals surface area contributed by atoms with Gasteiger partial charge in [-0.1, -0.05) is 52.4 Å². The molecule has 10 nitrogen and oxygen atoms in total. The first-order valence-electron chi connectivity index (χ1n) is 7.26. The number of quaternary nitrogens is 3. The fraction of sp³-hybridized carbons (Fsp3) is 0.786. The summed E-state index contributed by atoms with van der Waals surface area (Å²) in [7, 11) is -4.94. The molecular weight excluding hydrogens is 413 g/mol. The van der Waals surface area contributed by atoms with Crippen LogP contribution in [0.15, 0.2) is 0 Å². The Balaban J connectivity index is -0.0000000505. The standard InChI is InChI=1S/C10H21.C4H6O7S.ClH.3H3N.Na/c1-4-6-7-8-9-10(3)5-2;5-3(6)1-2(4(7)8)12(9,10)11;;;;;/h10H,3-9H2,1-2H3;2H,1H2,(H,5,6)(H,7,8)(H,9,10,11);1H;3*1H3;/q-1;;;;;;+1. The molecule has 2 unspecified atom stereocenters. The summed E-state index contributed by atoms with van der Waals surface area (Å²) in [5.41, 5.74) is 0. The minimum Gasteiger partial charge on any atom is -1.00 e. The zero-order valence-electron chi connectivity index (χ0n) is 17.5. The van der Waals surface area contributed by atoms with Crippen molar-refractivity contribution in [3.05, 3.63) is 6.92 Å². The molecule has 0 heterocycles. The number of carbonyl (C=O) groups excluding carboxylic acids is 2. The van der Waals surface area contributed by atoms with Crippen molar-refractivity contribution in [2.45, 2.75) is 64.0 Å². The molecule has 164 valence electrons. The number of carboxylic acid groups (broad SMARTS) is 2. The first kappa shape index (κ1) is 45.6. The molecule has 0 saturated heterocycles. The summed E-state index contributed by atoms with van der Waals surface area (Å²) in [6.45, 7) is 8.53. The second-order valence-corrected chi connectivity index (χ2v) is 6.62. The monoisotopic (exact) mass is 449 g/mol. The Hall–Kier alpha value is 0.0200. The Morgan fingerprint density at radius 2 is 1.48 bits per heavy atom. The van der Waals surface area contributed by atoms with Crippen molar-refractivity contribution in [3.63, 3.8) is 0 Å². The Bertz CT molecular complexity index is 442. The molecular formula is C14H37ClN3NaO7S. The summed E-state index contributed by atoms with van der Waals surface area (Å²) in [6.07, 6.45) is 6.77. The molecule has 0 aromatic rings. The molecule has 0 aliphatic heterocycles. The fourth-order valence-electron chi connectivity index (χ4n) is 1.53. The van der Waals surface area contributed by atoms with Gasteiger partial charge in [-0.05, 0) is 0 Å². The average molecular weight is 450 g/mol. The van der Waals surface area contributed by atoms with Crippen molar-refractivity contribution < 1.29 is 74.7 Å². The van der Waals surface area contributed by atoms with E-state index in [1.54, 1.807) is 0 Å². The van der Waals surface area contributed by atoms with Gasteiger partial charge in [-0.3, -0.25) is 4.55 Å². The molecule has 0 spiro atoms. The van der Waals surface area contributed by atoms with E-state index in [1.165, 1.54) is 38.5 Å². The normalized spacial score (nSPS) is 11.1. The van der Waals surface area contributed by atoms with Crippen LogP contribution in [0.1, 0.15) is 58.8 Å². The van der Waals surface area contributed by atoms with E-state index in [2.05, 4.69) is 20.8 Å². The van der Waals surface area contributed by atoms with Crippen LogP contribution in [0.3, 0.4) is 0 Å². The minimum atomic E-state index is -4.94. The predicted molar refractivity (Wildman–Crippen MR) is 95.8 cm³/mol. The molecule has 0 bridgehead atoms. The third-order valence-electron chi connectivity index (χ3n) is 3.02. The van der Waals surface area contributed by atoms with Gasteiger partial charge in [0.1, 0.15) is 5.25 Å². The molecule has 0 amide bonds. The maximum Gasteiger partial charge on any atom is 1.00 e. The van der Waals surface area contributed by atoms with Gasteiger partial charge in [0.05, 0.1) is 5.97 Å². The molecule has 13 N–H and O–H groups in total. The largest absolute Gasteiger partial charge is 1.00 e. The number of rotatable bonds is 10. The number of carbonyl (C=O) groups is 2. The third kappa shape index (κ3) is 31.0. The Kier molecular flexibility index (Phi) is 44.0. The number of halogens is 1. The summed E-state index contributed by atoms with van der Waals surface area (Å²) in [6, 6.07) is 0. The molecule has 0 aliphatic carbocycles. The summed E-state index contributed by atoms with van der Waals surface area (Å²) in [5.74, 6) is -3.37. The molecule has 13 heteroatoms. The minimum absolute atomic E-state index is 0. The maximum atomic E-state index is 10.2. The van der Waals surface area contributed by atoms with Crippen LogP contribution in [0.5, 0.6) is 0 Å². The molecule has 0 fully saturated rings. The van der Waals surface area contributed by atoms with Crippen LogP contribution >= 0.6 is 0 Å². The Labute approximate surface area is 191 Å². The van der Waals surface area contributed by atoms with Crippen molar-refractivity contribution in [1.82, 2.24) is 18.5 Å². The fourth-order valence-corrected chi connectivity index (χ4v) is 2.12. The van der Waals surface area contributed by atoms with Crippen LogP contribution in [0.25, 0.3) is 0 Å². The Morgan fingerprint density at radius 1 is 1.04 bits per heavy atom. The molecule has 2 atom stereocenters. The quantitative estimate of drug-likeness (QED) is 0.109. The molecule has 0 saturated carbocycles. The predicted octanol–water partition coefficient (Wildman–Crippen LogP) is -4.91. The number of unbranched alkanes of at least 4 members (excludes halogenated alkanes) is 3. The first-order valence-corrected chi connectivity index (χ1v) is 8.76. The number of aliphatic carboxylic acids is 2. The van der Waals surface area contributed by atoms with Gasteiger partial charge < -0.3 is 57.6 Å². The van der Waals surface area contributed by atoms with Gasteiger partial charge in [-0.15, -0.1) is 0 Å². The average Bonchev–Trinajstić information content (AvgIpc) is 2.39. The maximum absolute atomic E-state index is 10.2. The van der Waals surface area contributed by atoms with Gasteiger partial charge in [0, 0.05) is 12.4 Å². The van der Waals surface area contributed by atoms with Crippen LogP contribution in [-0.2, 0) is 19.7 Å².